The van der Waals surface area contributed by atoms with Crippen LogP contribution < -0.4 is 10.0 Å². The molecule has 2 heterocycles. The highest BCUT2D eigenvalue weighted by Crippen LogP contribution is 2.35. The summed E-state index contributed by atoms with van der Waals surface area (Å²) in [6, 6.07) is 7.77. The van der Waals surface area contributed by atoms with Gasteiger partial charge in [0, 0.05) is 42.7 Å². The lowest BCUT2D eigenvalue weighted by atomic mass is 9.89. The van der Waals surface area contributed by atoms with Crippen molar-refractivity contribution in [2.75, 3.05) is 13.2 Å². The molecule has 4 rings (SSSR count). The molecule has 2 aromatic rings. The van der Waals surface area contributed by atoms with Crippen LogP contribution in [0.4, 0.5) is 0 Å². The molecule has 1 saturated carbocycles. The van der Waals surface area contributed by atoms with Gasteiger partial charge in [0.25, 0.3) is 5.91 Å². The number of nitrogens with zero attached hydrogens (tertiary/aromatic N) is 1. The van der Waals surface area contributed by atoms with Gasteiger partial charge in [0.15, 0.2) is 0 Å². The molecule has 1 aliphatic heterocycles. The molecule has 0 bridgehead atoms. The second kappa shape index (κ2) is 12.1. The summed E-state index contributed by atoms with van der Waals surface area (Å²) >= 11 is 0. The van der Waals surface area contributed by atoms with Gasteiger partial charge in [-0.05, 0) is 94.5 Å². The smallest absolute Gasteiger partial charge is 0.253 e. The Bertz CT molecular complexity index is 1260. The Balaban J connectivity index is 1.75. The molecular formula is C31H47N3O4S. The molecule has 8 heteroatoms. The minimum absolute atomic E-state index is 0.00985. The summed E-state index contributed by atoms with van der Waals surface area (Å²) in [6.07, 6.45) is 7.86. The van der Waals surface area contributed by atoms with Crippen molar-refractivity contribution in [2.45, 2.75) is 115 Å². The van der Waals surface area contributed by atoms with Gasteiger partial charge in [-0.3, -0.25) is 4.79 Å². The van der Waals surface area contributed by atoms with Crippen molar-refractivity contribution in [1.82, 2.24) is 14.6 Å². The van der Waals surface area contributed by atoms with E-state index >= 15 is 0 Å². The average molecular weight is 558 g/mol. The van der Waals surface area contributed by atoms with E-state index in [4.69, 9.17) is 4.74 Å². The Morgan fingerprint density at radius 3 is 2.33 bits per heavy atom. The minimum atomic E-state index is -3.69. The Kier molecular flexibility index (Phi) is 9.29. The fourth-order valence-electron chi connectivity index (χ4n) is 5.94. The number of sulfonamides is 1. The van der Waals surface area contributed by atoms with Gasteiger partial charge in [-0.1, -0.05) is 39.2 Å². The number of hydrogen-bond donors (Lipinski definition) is 2. The number of nitrogens with one attached hydrogen (secondary N) is 2. The molecule has 39 heavy (non-hydrogen) atoms. The first-order chi connectivity index (χ1) is 18.4. The van der Waals surface area contributed by atoms with Crippen LogP contribution in [0.15, 0.2) is 29.2 Å². The average Bonchev–Trinajstić information content (AvgIpc) is 3.19. The molecule has 0 atom stereocenters. The van der Waals surface area contributed by atoms with Crippen molar-refractivity contribution in [3.63, 3.8) is 0 Å². The van der Waals surface area contributed by atoms with Crippen molar-refractivity contribution in [2.24, 2.45) is 5.92 Å². The molecule has 7 nitrogen and oxygen atoms in total. The number of rotatable bonds is 8. The third-order valence-corrected chi connectivity index (χ3v) is 9.82. The van der Waals surface area contributed by atoms with Gasteiger partial charge in [0.2, 0.25) is 10.0 Å². The zero-order valence-corrected chi connectivity index (χ0v) is 25.4. The van der Waals surface area contributed by atoms with Gasteiger partial charge in [0.1, 0.15) is 0 Å². The molecule has 0 spiro atoms. The van der Waals surface area contributed by atoms with Crippen LogP contribution in [0.1, 0.15) is 107 Å². The number of aromatic nitrogens is 1. The second-order valence-corrected chi connectivity index (χ2v) is 14.4. The Labute approximate surface area is 235 Å². The van der Waals surface area contributed by atoms with Crippen LogP contribution in [0.25, 0.3) is 11.3 Å². The van der Waals surface area contributed by atoms with E-state index < -0.39 is 15.6 Å². The van der Waals surface area contributed by atoms with Crippen LogP contribution in [-0.4, -0.2) is 43.7 Å². The van der Waals surface area contributed by atoms with Gasteiger partial charge >= 0.3 is 0 Å². The third-order valence-electron chi connectivity index (χ3n) is 7.99. The lowest BCUT2D eigenvalue weighted by molar-refractivity contribution is 0.0696. The van der Waals surface area contributed by atoms with E-state index in [1.807, 2.05) is 59.7 Å². The number of carbonyl (C=O) groups excluding carboxylic acids is 1. The summed E-state index contributed by atoms with van der Waals surface area (Å²) in [7, 11) is -3.69. The van der Waals surface area contributed by atoms with Crippen molar-refractivity contribution >= 4 is 15.9 Å². The van der Waals surface area contributed by atoms with Crippen LogP contribution >= 0.6 is 0 Å². The van der Waals surface area contributed by atoms with Crippen molar-refractivity contribution < 1.29 is 17.9 Å². The van der Waals surface area contributed by atoms with E-state index in [1.165, 1.54) is 32.1 Å². The van der Waals surface area contributed by atoms with Crippen LogP contribution in [0, 0.1) is 12.8 Å². The van der Waals surface area contributed by atoms with Crippen molar-refractivity contribution in [3.05, 3.63) is 41.1 Å². The maximum atomic E-state index is 13.5. The van der Waals surface area contributed by atoms with E-state index in [9.17, 15) is 13.2 Å². The molecule has 1 aromatic carbocycles. The monoisotopic (exact) mass is 557 g/mol. The molecule has 1 aliphatic carbocycles. The highest BCUT2D eigenvalue weighted by molar-refractivity contribution is 7.89. The van der Waals surface area contributed by atoms with E-state index in [0.717, 1.165) is 41.9 Å². The molecule has 2 N–H and O–H groups in total. The SMILES string of the molecule is Cc1c(C(=O)NC2CCOCC2)cc(-c2ccc(S(=O)(=O)NC(C)(C)C)c(C(C)C)c2)n1CC1CCCCC1. The van der Waals surface area contributed by atoms with Crippen LogP contribution in [0.3, 0.4) is 0 Å². The van der Waals surface area contributed by atoms with Gasteiger partial charge in [-0.2, -0.15) is 0 Å². The molecule has 0 unspecified atom stereocenters. The predicted molar refractivity (Wildman–Crippen MR) is 157 cm³/mol. The zero-order valence-electron chi connectivity index (χ0n) is 24.6. The number of benzene rings is 1. The summed E-state index contributed by atoms with van der Waals surface area (Å²) in [6.45, 7) is 13.9. The van der Waals surface area contributed by atoms with Gasteiger partial charge in [-0.15, -0.1) is 0 Å². The van der Waals surface area contributed by atoms with Gasteiger partial charge < -0.3 is 14.6 Å². The van der Waals surface area contributed by atoms with Crippen LogP contribution in [-0.2, 0) is 21.3 Å². The summed E-state index contributed by atoms with van der Waals surface area (Å²) < 4.78 is 37.2. The first-order valence-electron chi connectivity index (χ1n) is 14.6. The van der Waals surface area contributed by atoms with Crippen molar-refractivity contribution in [3.8, 4) is 11.3 Å². The zero-order chi connectivity index (χ0) is 28.4. The molecule has 2 aliphatic rings. The minimum Gasteiger partial charge on any atom is -0.381 e. The highest BCUT2D eigenvalue weighted by Gasteiger charge is 2.28. The molecule has 1 saturated heterocycles. The number of ether oxygens (including phenoxy) is 1. The fourth-order valence-corrected chi connectivity index (χ4v) is 7.71. The van der Waals surface area contributed by atoms with Gasteiger partial charge in [-0.25, -0.2) is 13.1 Å². The van der Waals surface area contributed by atoms with E-state index in [-0.39, 0.29) is 17.9 Å². The quantitative estimate of drug-likeness (QED) is 0.407. The number of carbonyl (C=O) groups is 1. The molecule has 0 radical (unpaired) electrons. The predicted octanol–water partition coefficient (Wildman–Crippen LogP) is 6.15. The highest BCUT2D eigenvalue weighted by atomic mass is 32.2. The lowest BCUT2D eigenvalue weighted by Gasteiger charge is -2.25. The summed E-state index contributed by atoms with van der Waals surface area (Å²) in [5.74, 6) is 0.548. The molecule has 1 amide bonds. The Morgan fingerprint density at radius 1 is 1.05 bits per heavy atom. The maximum absolute atomic E-state index is 13.5. The molecule has 1 aromatic heterocycles. The van der Waals surface area contributed by atoms with Gasteiger partial charge in [0.05, 0.1) is 10.5 Å². The largest absolute Gasteiger partial charge is 0.381 e. The summed E-state index contributed by atoms with van der Waals surface area (Å²) in [4.78, 5) is 13.8. The maximum Gasteiger partial charge on any atom is 0.253 e. The Morgan fingerprint density at radius 2 is 1.72 bits per heavy atom. The summed E-state index contributed by atoms with van der Waals surface area (Å²) in [5, 5.41) is 3.23. The van der Waals surface area contributed by atoms with E-state index in [1.54, 1.807) is 6.07 Å². The summed E-state index contributed by atoms with van der Waals surface area (Å²) in [5.41, 5.74) is 3.79. The molecule has 2 fully saturated rings. The van der Waals surface area contributed by atoms with Crippen LogP contribution in [0.2, 0.25) is 0 Å². The van der Waals surface area contributed by atoms with E-state index in [2.05, 4.69) is 14.6 Å². The number of hydrogen-bond acceptors (Lipinski definition) is 4. The molecular weight excluding hydrogens is 510 g/mol. The first kappa shape index (κ1) is 29.8. The molecule has 216 valence electrons. The van der Waals surface area contributed by atoms with E-state index in [0.29, 0.717) is 29.6 Å². The lowest BCUT2D eigenvalue weighted by Crippen LogP contribution is -2.40. The third kappa shape index (κ3) is 7.33. The normalized spacial score (nSPS) is 18.0. The van der Waals surface area contributed by atoms with Crippen molar-refractivity contribution in [1.29, 1.82) is 0 Å². The second-order valence-electron chi connectivity index (χ2n) is 12.8. The Hall–Kier alpha value is -2.16. The number of amides is 1. The van der Waals surface area contributed by atoms with Crippen LogP contribution in [0.5, 0.6) is 0 Å². The fraction of sp³-hybridized carbons (Fsp3) is 0.645. The standard InChI is InChI=1S/C31H47N3O4S/c1-21(2)26-18-24(12-13-29(26)39(36,37)33-31(4,5)6)28-19-27(30(35)32-25-14-16-38-17-15-25)22(3)34(28)20-23-10-8-7-9-11-23/h12-13,18-19,21,23,25,33H,7-11,14-17,20H2,1-6H3,(H,32,35). The topological polar surface area (TPSA) is 89.4 Å². The first-order valence-corrected chi connectivity index (χ1v) is 16.1.